The maximum atomic E-state index is 15.6. The molecule has 0 bridgehead atoms. The Bertz CT molecular complexity index is 1200. The fourth-order valence-electron chi connectivity index (χ4n) is 5.32. The van der Waals surface area contributed by atoms with Gasteiger partial charge in [0.25, 0.3) is 5.92 Å². The Hall–Kier alpha value is -2.45. The second-order valence-electron chi connectivity index (χ2n) is 10.2. The second-order valence-corrected chi connectivity index (χ2v) is 10.2. The number of benzene rings is 2. The van der Waals surface area contributed by atoms with Crippen LogP contribution in [0.1, 0.15) is 49.2 Å². The number of aromatic nitrogens is 1. The third-order valence-corrected chi connectivity index (χ3v) is 7.11. The summed E-state index contributed by atoms with van der Waals surface area (Å²) in [6.07, 6.45) is 0.569. The molecule has 1 aromatic heterocycles. The summed E-state index contributed by atoms with van der Waals surface area (Å²) >= 11 is 0. The molecule has 2 aliphatic rings. The maximum absolute atomic E-state index is 15.6. The Morgan fingerprint density at radius 3 is 2.26 bits per heavy atom. The van der Waals surface area contributed by atoms with Crippen LogP contribution in [0.5, 0.6) is 0 Å². The molecule has 3 heterocycles. The molecular formula is C26H28F5N3. The predicted octanol–water partition coefficient (Wildman–Crippen LogP) is 5.84. The number of alkyl halides is 3. The number of nitrogens with zero attached hydrogens (tertiary/aromatic N) is 1. The molecule has 2 N–H and O–H groups in total. The fourth-order valence-corrected chi connectivity index (χ4v) is 5.32. The first-order valence-corrected chi connectivity index (χ1v) is 11.6. The summed E-state index contributed by atoms with van der Waals surface area (Å²) < 4.78 is 75.6. The largest absolute Gasteiger partial charge is 0.357 e. The van der Waals surface area contributed by atoms with Crippen molar-refractivity contribution in [3.63, 3.8) is 0 Å². The van der Waals surface area contributed by atoms with Crippen LogP contribution in [-0.4, -0.2) is 41.2 Å². The van der Waals surface area contributed by atoms with Crippen molar-refractivity contribution in [2.75, 3.05) is 19.6 Å². The van der Waals surface area contributed by atoms with E-state index in [2.05, 4.69) is 10.3 Å². The van der Waals surface area contributed by atoms with Gasteiger partial charge in [-0.25, -0.2) is 22.0 Å². The molecule has 3 aromatic rings. The van der Waals surface area contributed by atoms with Gasteiger partial charge in [0.1, 0.15) is 17.3 Å². The van der Waals surface area contributed by atoms with Crippen molar-refractivity contribution in [3.05, 3.63) is 70.4 Å². The van der Waals surface area contributed by atoms with Gasteiger partial charge in [0, 0.05) is 53.4 Å². The van der Waals surface area contributed by atoms with E-state index in [1.54, 1.807) is 4.90 Å². The first kappa shape index (κ1) is 23.3. The zero-order chi connectivity index (χ0) is 24.4. The zero-order valence-corrected chi connectivity index (χ0v) is 19.4. The summed E-state index contributed by atoms with van der Waals surface area (Å²) in [4.78, 5) is 5.01. The lowest BCUT2D eigenvalue weighted by Gasteiger charge is -2.43. The highest BCUT2D eigenvalue weighted by molar-refractivity contribution is 5.85. The summed E-state index contributed by atoms with van der Waals surface area (Å²) in [5.41, 5.74) is -0.343. The van der Waals surface area contributed by atoms with E-state index in [1.165, 1.54) is 13.8 Å². The molecule has 2 atom stereocenters. The standard InChI is InChI=1S/C26H28F5N3/c1-14-8-18-17-6-4-5-7-21(17)33-23(18)24(34(14)13-25(2,3)29)22-19(27)9-15(10-20(22)28)26(30,31)16-11-32-12-16/h4-7,9-10,14,16,24,32-33H,8,11-13H2,1-3H3. The van der Waals surface area contributed by atoms with Crippen LogP contribution in [0.25, 0.3) is 10.9 Å². The Morgan fingerprint density at radius 1 is 1.03 bits per heavy atom. The molecule has 3 nitrogen and oxygen atoms in total. The van der Waals surface area contributed by atoms with Gasteiger partial charge in [0.2, 0.25) is 0 Å². The van der Waals surface area contributed by atoms with Crippen molar-refractivity contribution < 1.29 is 22.0 Å². The number of nitrogens with one attached hydrogen (secondary N) is 2. The molecule has 5 rings (SSSR count). The van der Waals surface area contributed by atoms with E-state index in [1.807, 2.05) is 31.2 Å². The number of hydrogen-bond donors (Lipinski definition) is 2. The lowest BCUT2D eigenvalue weighted by molar-refractivity contribution is -0.0839. The SMILES string of the molecule is CC1Cc2c([nH]c3ccccc23)C(c2c(F)cc(C(F)(F)C3CNC3)cc2F)N1CC(C)(C)F. The predicted molar refractivity (Wildman–Crippen MR) is 122 cm³/mol. The van der Waals surface area contributed by atoms with Crippen molar-refractivity contribution in [2.24, 2.45) is 5.92 Å². The number of aromatic amines is 1. The molecule has 2 aliphatic heterocycles. The molecule has 1 saturated heterocycles. The minimum absolute atomic E-state index is 0.0713. The van der Waals surface area contributed by atoms with Gasteiger partial charge in [-0.15, -0.1) is 0 Å². The normalized spacial score (nSPS) is 22.1. The molecule has 0 radical (unpaired) electrons. The Morgan fingerprint density at radius 2 is 1.68 bits per heavy atom. The van der Waals surface area contributed by atoms with Crippen LogP contribution >= 0.6 is 0 Å². The molecule has 0 saturated carbocycles. The number of hydrogen-bond acceptors (Lipinski definition) is 2. The summed E-state index contributed by atoms with van der Waals surface area (Å²) in [7, 11) is 0. The number of para-hydroxylation sites is 1. The van der Waals surface area contributed by atoms with Crippen molar-refractivity contribution in [3.8, 4) is 0 Å². The van der Waals surface area contributed by atoms with E-state index in [0.29, 0.717) is 12.1 Å². The Kier molecular flexibility index (Phi) is 5.52. The van der Waals surface area contributed by atoms with E-state index in [0.717, 1.165) is 28.6 Å². The topological polar surface area (TPSA) is 31.1 Å². The van der Waals surface area contributed by atoms with E-state index in [9.17, 15) is 13.2 Å². The van der Waals surface area contributed by atoms with Crippen molar-refractivity contribution in [2.45, 2.75) is 50.9 Å². The Labute approximate surface area is 195 Å². The van der Waals surface area contributed by atoms with Gasteiger partial charge in [-0.3, -0.25) is 4.90 Å². The Balaban J connectivity index is 1.68. The smallest absolute Gasteiger partial charge is 0.278 e. The molecule has 2 aromatic carbocycles. The molecule has 34 heavy (non-hydrogen) atoms. The monoisotopic (exact) mass is 477 g/mol. The van der Waals surface area contributed by atoms with Crippen LogP contribution in [-0.2, 0) is 12.3 Å². The van der Waals surface area contributed by atoms with Gasteiger partial charge >= 0.3 is 0 Å². The van der Waals surface area contributed by atoms with Crippen molar-refractivity contribution in [1.82, 2.24) is 15.2 Å². The van der Waals surface area contributed by atoms with Crippen molar-refractivity contribution in [1.29, 1.82) is 0 Å². The molecule has 8 heteroatoms. The van der Waals surface area contributed by atoms with E-state index in [4.69, 9.17) is 0 Å². The summed E-state index contributed by atoms with van der Waals surface area (Å²) in [6, 6.07) is 7.85. The van der Waals surface area contributed by atoms with Gasteiger partial charge < -0.3 is 10.3 Å². The summed E-state index contributed by atoms with van der Waals surface area (Å²) in [5, 5.41) is 3.71. The van der Waals surface area contributed by atoms with E-state index in [-0.39, 0.29) is 31.2 Å². The number of rotatable bonds is 5. The molecule has 2 unspecified atom stereocenters. The van der Waals surface area contributed by atoms with Crippen LogP contribution < -0.4 is 5.32 Å². The van der Waals surface area contributed by atoms with Crippen LogP contribution in [0.2, 0.25) is 0 Å². The van der Waals surface area contributed by atoms with Crippen LogP contribution in [0.3, 0.4) is 0 Å². The quantitative estimate of drug-likeness (QED) is 0.453. The van der Waals surface area contributed by atoms with Gasteiger partial charge in [-0.05, 0) is 51.0 Å². The molecular weight excluding hydrogens is 449 g/mol. The van der Waals surface area contributed by atoms with Gasteiger partial charge in [-0.2, -0.15) is 0 Å². The molecule has 0 spiro atoms. The summed E-state index contributed by atoms with van der Waals surface area (Å²) in [5.74, 6) is -6.45. The zero-order valence-electron chi connectivity index (χ0n) is 19.4. The highest BCUT2D eigenvalue weighted by Crippen LogP contribution is 2.45. The fraction of sp³-hybridized carbons (Fsp3) is 0.462. The first-order valence-electron chi connectivity index (χ1n) is 11.6. The number of fused-ring (bicyclic) bond motifs is 3. The molecule has 0 amide bonds. The molecule has 1 fully saturated rings. The lowest BCUT2D eigenvalue weighted by Crippen LogP contribution is -2.50. The van der Waals surface area contributed by atoms with E-state index < -0.39 is 40.7 Å². The number of H-pyrrole nitrogens is 1. The molecule has 182 valence electrons. The van der Waals surface area contributed by atoms with Crippen LogP contribution in [0.15, 0.2) is 36.4 Å². The lowest BCUT2D eigenvalue weighted by atomic mass is 9.85. The maximum Gasteiger partial charge on any atom is 0.278 e. The third-order valence-electron chi connectivity index (χ3n) is 7.11. The summed E-state index contributed by atoms with van der Waals surface area (Å²) in [6.45, 7) is 4.84. The first-order chi connectivity index (χ1) is 16.0. The van der Waals surface area contributed by atoms with Gasteiger partial charge in [0.05, 0.1) is 12.0 Å². The van der Waals surface area contributed by atoms with Crippen molar-refractivity contribution >= 4 is 10.9 Å². The average Bonchev–Trinajstić information content (AvgIpc) is 3.05. The minimum atomic E-state index is -3.35. The highest BCUT2D eigenvalue weighted by Gasteiger charge is 2.46. The molecule has 0 aliphatic carbocycles. The van der Waals surface area contributed by atoms with Gasteiger partial charge in [-0.1, -0.05) is 18.2 Å². The number of halogens is 5. The van der Waals surface area contributed by atoms with E-state index >= 15 is 8.78 Å². The average molecular weight is 478 g/mol. The third kappa shape index (κ3) is 3.81. The van der Waals surface area contributed by atoms with Crippen LogP contribution in [0.4, 0.5) is 22.0 Å². The van der Waals surface area contributed by atoms with Crippen LogP contribution in [0, 0.1) is 17.6 Å². The second kappa shape index (κ2) is 8.05. The minimum Gasteiger partial charge on any atom is -0.357 e. The van der Waals surface area contributed by atoms with Gasteiger partial charge in [0.15, 0.2) is 0 Å². The highest BCUT2D eigenvalue weighted by atomic mass is 19.3.